The predicted octanol–water partition coefficient (Wildman–Crippen LogP) is 7.33. The number of amides is 1. The molecule has 4 heterocycles. The number of carbonyl (C=O) groups is 3. The van der Waals surface area contributed by atoms with E-state index in [0.29, 0.717) is 50.4 Å². The van der Waals surface area contributed by atoms with E-state index >= 15 is 0 Å². The minimum absolute atomic E-state index is 0.125. The van der Waals surface area contributed by atoms with Crippen LogP contribution in [0.2, 0.25) is 0 Å². The van der Waals surface area contributed by atoms with Crippen molar-refractivity contribution in [1.29, 1.82) is 0 Å². The van der Waals surface area contributed by atoms with Crippen molar-refractivity contribution in [2.24, 2.45) is 11.3 Å². The molecule has 0 bridgehead atoms. The smallest absolute Gasteiger partial charge is 0.341 e. The largest absolute Gasteiger partial charge is 0.463 e. The third-order valence-corrected chi connectivity index (χ3v) is 9.14. The van der Waals surface area contributed by atoms with E-state index < -0.39 is 24.5 Å². The van der Waals surface area contributed by atoms with Crippen LogP contribution in [0.3, 0.4) is 0 Å². The minimum atomic E-state index is -0.701. The number of nitrogens with one attached hydrogen (secondary N) is 1. The molecule has 0 spiro atoms. The van der Waals surface area contributed by atoms with Gasteiger partial charge in [-0.2, -0.15) is 0 Å². The second kappa shape index (κ2) is 12.3. The maximum atomic E-state index is 13.0. The molecule has 11 heteroatoms. The van der Waals surface area contributed by atoms with E-state index in [1.165, 1.54) is 17.6 Å². The molecule has 1 atom stereocenters. The van der Waals surface area contributed by atoms with E-state index in [1.807, 2.05) is 0 Å². The van der Waals surface area contributed by atoms with E-state index in [-0.39, 0.29) is 17.6 Å². The third-order valence-electron chi connectivity index (χ3n) is 7.97. The van der Waals surface area contributed by atoms with Gasteiger partial charge in [0.2, 0.25) is 0 Å². The predicted molar refractivity (Wildman–Crippen MR) is 169 cm³/mol. The highest BCUT2D eigenvalue weighted by atomic mass is 32.1. The molecular formula is C34H33N3O7S. The van der Waals surface area contributed by atoms with Gasteiger partial charge < -0.3 is 23.6 Å². The molecule has 0 saturated carbocycles. The number of carbonyl (C=O) groups excluding carboxylic acids is 3. The molecule has 1 unspecified atom stereocenters. The molecular weight excluding hydrogens is 594 g/mol. The minimum Gasteiger partial charge on any atom is -0.463 e. The van der Waals surface area contributed by atoms with Crippen LogP contribution in [-0.4, -0.2) is 41.0 Å². The van der Waals surface area contributed by atoms with Crippen LogP contribution in [0.5, 0.6) is 0 Å². The number of thiophene rings is 1. The number of ether oxygens (including phenoxy) is 2. The molecule has 45 heavy (non-hydrogen) atoms. The monoisotopic (exact) mass is 627 g/mol. The quantitative estimate of drug-likeness (QED) is 0.175. The summed E-state index contributed by atoms with van der Waals surface area (Å²) in [5.74, 6) is -0.236. The van der Waals surface area contributed by atoms with Gasteiger partial charge in [-0.05, 0) is 85.5 Å². The van der Waals surface area contributed by atoms with Gasteiger partial charge in [-0.1, -0.05) is 20.8 Å². The molecule has 6 rings (SSSR count). The summed E-state index contributed by atoms with van der Waals surface area (Å²) in [4.78, 5) is 49.4. The summed E-state index contributed by atoms with van der Waals surface area (Å²) in [7, 11) is 0. The summed E-state index contributed by atoms with van der Waals surface area (Å²) in [6.07, 6.45) is 5.61. The number of aromatic nitrogens is 2. The van der Waals surface area contributed by atoms with Crippen LogP contribution in [0.1, 0.15) is 65.3 Å². The topological polar surface area (TPSA) is 134 Å². The molecule has 0 radical (unpaired) electrons. The number of furan rings is 2. The number of esters is 2. The van der Waals surface area contributed by atoms with Crippen LogP contribution < -0.4 is 5.32 Å². The van der Waals surface area contributed by atoms with Crippen LogP contribution >= 0.6 is 11.3 Å². The maximum Gasteiger partial charge on any atom is 0.341 e. The Morgan fingerprint density at radius 3 is 2.27 bits per heavy atom. The average molecular weight is 628 g/mol. The van der Waals surface area contributed by atoms with E-state index in [1.54, 1.807) is 55.7 Å². The zero-order chi connectivity index (χ0) is 31.7. The molecule has 1 aliphatic carbocycles. The lowest BCUT2D eigenvalue weighted by Gasteiger charge is -2.33. The molecule has 5 aromatic rings. The Labute approximate surface area is 263 Å². The fourth-order valence-electron chi connectivity index (χ4n) is 5.56. The summed E-state index contributed by atoms with van der Waals surface area (Å²) >= 11 is 1.39. The Morgan fingerprint density at radius 2 is 1.64 bits per heavy atom. The highest BCUT2D eigenvalue weighted by Gasteiger charge is 2.34. The van der Waals surface area contributed by atoms with Gasteiger partial charge in [0.25, 0.3) is 5.91 Å². The van der Waals surface area contributed by atoms with E-state index in [4.69, 9.17) is 28.3 Å². The standard InChI is InChI=1S/C34H33N3O7S/c1-5-41-33(40)28-21-12-11-20(34(2,3)4)17-26(21)45-31(28)37-27(38)18-44-32(39)19-10-13-22-23(16-19)36-30(25-9-7-15-43-25)29(35-22)24-8-6-14-42-24/h6-10,13-16,20H,5,11-12,17-18H2,1-4H3,(H,37,38). The van der Waals surface area contributed by atoms with Gasteiger partial charge in [0, 0.05) is 4.88 Å². The van der Waals surface area contributed by atoms with Crippen molar-refractivity contribution < 1.29 is 32.7 Å². The van der Waals surface area contributed by atoms with Crippen molar-refractivity contribution in [2.45, 2.75) is 47.0 Å². The number of rotatable bonds is 8. The Hall–Kier alpha value is -4.77. The lowest BCUT2D eigenvalue weighted by Crippen LogP contribution is -2.26. The van der Waals surface area contributed by atoms with Gasteiger partial charge in [0.05, 0.1) is 41.3 Å². The molecule has 10 nitrogen and oxygen atoms in total. The molecule has 232 valence electrons. The van der Waals surface area contributed by atoms with Gasteiger partial charge in [-0.15, -0.1) is 11.3 Å². The zero-order valence-corrected chi connectivity index (χ0v) is 26.3. The first-order valence-corrected chi connectivity index (χ1v) is 15.6. The van der Waals surface area contributed by atoms with Gasteiger partial charge >= 0.3 is 11.9 Å². The first kappa shape index (κ1) is 30.3. The molecule has 1 aliphatic rings. The summed E-state index contributed by atoms with van der Waals surface area (Å²) in [6.45, 7) is 8.10. The van der Waals surface area contributed by atoms with Gasteiger partial charge in [-0.3, -0.25) is 4.79 Å². The van der Waals surface area contributed by atoms with Crippen LogP contribution in [0.4, 0.5) is 5.00 Å². The van der Waals surface area contributed by atoms with E-state index in [0.717, 1.165) is 29.7 Å². The Morgan fingerprint density at radius 1 is 0.956 bits per heavy atom. The summed E-state index contributed by atoms with van der Waals surface area (Å²) < 4.78 is 21.8. The number of hydrogen-bond donors (Lipinski definition) is 1. The molecule has 1 amide bonds. The molecule has 4 aromatic heterocycles. The summed E-state index contributed by atoms with van der Waals surface area (Å²) in [5.41, 5.74) is 3.59. The fraction of sp³-hybridized carbons (Fsp3) is 0.324. The van der Waals surface area contributed by atoms with Crippen molar-refractivity contribution in [2.75, 3.05) is 18.5 Å². The zero-order valence-electron chi connectivity index (χ0n) is 25.5. The van der Waals surface area contributed by atoms with Crippen molar-refractivity contribution in [3.05, 3.63) is 76.6 Å². The van der Waals surface area contributed by atoms with Crippen LogP contribution in [0, 0.1) is 11.3 Å². The SMILES string of the molecule is CCOC(=O)c1c(NC(=O)COC(=O)c2ccc3nc(-c4ccco4)c(-c4ccco4)nc3c2)sc2c1CCC(C(C)(C)C)C2. The number of benzene rings is 1. The van der Waals surface area contributed by atoms with Crippen molar-refractivity contribution in [3.8, 4) is 22.9 Å². The van der Waals surface area contributed by atoms with Crippen molar-refractivity contribution in [3.63, 3.8) is 0 Å². The van der Waals surface area contributed by atoms with Crippen LogP contribution in [0.15, 0.2) is 63.8 Å². The number of anilines is 1. The molecule has 0 fully saturated rings. The molecule has 0 aliphatic heterocycles. The summed E-state index contributed by atoms with van der Waals surface area (Å²) in [5, 5.41) is 3.22. The van der Waals surface area contributed by atoms with Crippen molar-refractivity contribution >= 4 is 45.2 Å². The number of nitrogens with zero attached hydrogens (tertiary/aromatic N) is 2. The lowest BCUT2D eigenvalue weighted by atomic mass is 9.72. The number of hydrogen-bond acceptors (Lipinski definition) is 10. The third kappa shape index (κ3) is 6.26. The van der Waals surface area contributed by atoms with E-state index in [9.17, 15) is 14.4 Å². The van der Waals surface area contributed by atoms with Crippen LogP contribution in [-0.2, 0) is 27.1 Å². The Balaban J connectivity index is 1.19. The first-order chi connectivity index (χ1) is 21.6. The van der Waals surface area contributed by atoms with Crippen LogP contribution in [0.25, 0.3) is 33.9 Å². The number of fused-ring (bicyclic) bond motifs is 2. The van der Waals surface area contributed by atoms with Gasteiger partial charge in [-0.25, -0.2) is 19.6 Å². The fourth-order valence-corrected chi connectivity index (χ4v) is 6.89. The Kier molecular flexibility index (Phi) is 8.28. The second-order valence-electron chi connectivity index (χ2n) is 11.9. The molecule has 1 N–H and O–H groups in total. The normalized spacial score (nSPS) is 14.6. The first-order valence-electron chi connectivity index (χ1n) is 14.8. The Bertz CT molecular complexity index is 1870. The summed E-state index contributed by atoms with van der Waals surface area (Å²) in [6, 6.07) is 11.8. The molecule has 0 saturated heterocycles. The maximum absolute atomic E-state index is 13.0. The van der Waals surface area contributed by atoms with Crippen molar-refractivity contribution in [1.82, 2.24) is 9.97 Å². The average Bonchev–Trinajstić information content (AvgIpc) is 3.80. The second-order valence-corrected chi connectivity index (χ2v) is 13.0. The van der Waals surface area contributed by atoms with E-state index in [2.05, 4.69) is 26.1 Å². The van der Waals surface area contributed by atoms with Gasteiger partial charge in [0.1, 0.15) is 16.4 Å². The lowest BCUT2D eigenvalue weighted by molar-refractivity contribution is -0.119. The molecule has 1 aromatic carbocycles. The highest BCUT2D eigenvalue weighted by Crippen LogP contribution is 2.44. The highest BCUT2D eigenvalue weighted by molar-refractivity contribution is 7.17. The van der Waals surface area contributed by atoms with Gasteiger partial charge in [0.15, 0.2) is 18.1 Å².